The number of benzene rings is 3. The number of hydrogen-bond acceptors (Lipinski definition) is 6. The summed E-state index contributed by atoms with van der Waals surface area (Å²) >= 11 is 1.09. The minimum absolute atomic E-state index is 0.0952. The number of non-ortho nitro benzene ring substituents is 1. The molecule has 8 heteroatoms. The molecule has 7 nitrogen and oxygen atoms in total. The summed E-state index contributed by atoms with van der Waals surface area (Å²) in [6.07, 6.45) is 0. The highest BCUT2D eigenvalue weighted by Crippen LogP contribution is 2.45. The quantitative estimate of drug-likeness (QED) is 0.244. The molecule has 0 amide bonds. The van der Waals surface area contributed by atoms with Crippen LogP contribution in [0.1, 0.15) is 41.6 Å². The molecule has 0 aliphatic rings. The lowest BCUT2D eigenvalue weighted by Gasteiger charge is -2.21. The van der Waals surface area contributed by atoms with Crippen LogP contribution in [0.2, 0.25) is 0 Å². The van der Waals surface area contributed by atoms with Gasteiger partial charge in [-0.15, -0.1) is 11.3 Å². The number of hydrogen-bond donors (Lipinski definition) is 1. The van der Waals surface area contributed by atoms with Gasteiger partial charge < -0.3 is 9.84 Å². The molecule has 0 spiro atoms. The second kappa shape index (κ2) is 8.61. The Kier molecular flexibility index (Phi) is 5.82. The number of fused-ring (bicyclic) bond motifs is 1. The van der Waals surface area contributed by atoms with Crippen LogP contribution in [-0.4, -0.2) is 16.0 Å². The summed E-state index contributed by atoms with van der Waals surface area (Å²) in [7, 11) is 0. The normalized spacial score (nSPS) is 11.2. The number of nitro benzene ring substituents is 1. The number of nitro groups is 1. The highest BCUT2D eigenvalue weighted by molar-refractivity contribution is 7.12. The zero-order valence-corrected chi connectivity index (χ0v) is 19.5. The molecule has 4 rings (SSSR count). The summed E-state index contributed by atoms with van der Waals surface area (Å²) in [5.74, 6) is -0.311. The van der Waals surface area contributed by atoms with Crippen molar-refractivity contribution in [3.63, 3.8) is 0 Å². The molecule has 1 aromatic heterocycles. The van der Waals surface area contributed by atoms with Gasteiger partial charge in [-0.05, 0) is 57.5 Å². The van der Waals surface area contributed by atoms with E-state index in [1.165, 1.54) is 18.2 Å². The highest BCUT2D eigenvalue weighted by Gasteiger charge is 2.29. The lowest BCUT2D eigenvalue weighted by Crippen LogP contribution is -2.12. The van der Waals surface area contributed by atoms with Gasteiger partial charge in [-0.1, -0.05) is 32.9 Å². The molecular formula is C26H20N2O5S. The maximum Gasteiger partial charge on any atom is 0.346 e. The maximum atomic E-state index is 12.0. The van der Waals surface area contributed by atoms with Crippen molar-refractivity contribution in [2.45, 2.75) is 26.2 Å². The molecule has 0 fully saturated rings. The predicted octanol–water partition coefficient (Wildman–Crippen LogP) is 7.14. The van der Waals surface area contributed by atoms with Crippen LogP contribution >= 0.6 is 11.3 Å². The molecule has 4 aromatic rings. The van der Waals surface area contributed by atoms with Gasteiger partial charge in [-0.25, -0.2) is 4.79 Å². The number of ether oxygens (including phenoxy) is 1. The third-order valence-electron chi connectivity index (χ3n) is 5.41. The second-order valence-electron chi connectivity index (χ2n) is 8.78. The van der Waals surface area contributed by atoms with Gasteiger partial charge in [-0.3, -0.25) is 10.1 Å². The van der Waals surface area contributed by atoms with Gasteiger partial charge in [0.2, 0.25) is 0 Å². The summed E-state index contributed by atoms with van der Waals surface area (Å²) in [6.45, 7) is 5.88. The van der Waals surface area contributed by atoms with E-state index in [-0.39, 0.29) is 10.6 Å². The molecule has 0 aliphatic carbocycles. The topological polar surface area (TPSA) is 113 Å². The number of aromatic carboxylic acids is 1. The summed E-state index contributed by atoms with van der Waals surface area (Å²) in [4.78, 5) is 23.1. The van der Waals surface area contributed by atoms with Gasteiger partial charge >= 0.3 is 5.97 Å². The summed E-state index contributed by atoms with van der Waals surface area (Å²) in [6, 6.07) is 17.0. The van der Waals surface area contributed by atoms with Crippen LogP contribution in [0.15, 0.2) is 60.0 Å². The standard InChI is InChI=1S/C26H20N2O5S/c1-26(2,3)21-14-34-24(25(29)30)23(21)20-12-18(28(31)32)7-9-22(20)33-19-8-6-16-10-15(13-27)4-5-17(16)11-19/h4-12,14H,1-3H3,(H,29,30). The molecule has 1 N–H and O–H groups in total. The summed E-state index contributed by atoms with van der Waals surface area (Å²) < 4.78 is 6.16. The van der Waals surface area contributed by atoms with Crippen LogP contribution < -0.4 is 4.74 Å². The maximum absolute atomic E-state index is 12.0. The van der Waals surface area contributed by atoms with Crippen LogP contribution in [0.25, 0.3) is 21.9 Å². The van der Waals surface area contributed by atoms with E-state index in [0.717, 1.165) is 27.7 Å². The molecule has 1 heterocycles. The van der Waals surface area contributed by atoms with Crippen LogP contribution in [0.5, 0.6) is 11.5 Å². The van der Waals surface area contributed by atoms with Crippen LogP contribution in [0.4, 0.5) is 5.69 Å². The van der Waals surface area contributed by atoms with Crippen molar-refractivity contribution < 1.29 is 19.6 Å². The Morgan fingerprint density at radius 1 is 1.09 bits per heavy atom. The van der Waals surface area contributed by atoms with E-state index in [1.807, 2.05) is 32.9 Å². The Morgan fingerprint density at radius 2 is 1.79 bits per heavy atom. The first-order valence-electron chi connectivity index (χ1n) is 10.3. The SMILES string of the molecule is CC(C)(C)c1csc(C(=O)O)c1-c1cc([N+](=O)[O-])ccc1Oc1ccc2cc(C#N)ccc2c1. The van der Waals surface area contributed by atoms with Gasteiger partial charge in [0.15, 0.2) is 0 Å². The monoisotopic (exact) mass is 472 g/mol. The van der Waals surface area contributed by atoms with Crippen molar-refractivity contribution in [1.29, 1.82) is 5.26 Å². The Morgan fingerprint density at radius 3 is 2.44 bits per heavy atom. The van der Waals surface area contributed by atoms with Crippen molar-refractivity contribution >= 4 is 33.8 Å². The lowest BCUT2D eigenvalue weighted by molar-refractivity contribution is -0.384. The minimum Gasteiger partial charge on any atom is -0.477 e. The van der Waals surface area contributed by atoms with Crippen LogP contribution in [0.3, 0.4) is 0 Å². The van der Waals surface area contributed by atoms with Crippen molar-refractivity contribution in [3.8, 4) is 28.7 Å². The largest absolute Gasteiger partial charge is 0.477 e. The van der Waals surface area contributed by atoms with Crippen molar-refractivity contribution in [3.05, 3.63) is 86.1 Å². The molecule has 170 valence electrons. The molecule has 34 heavy (non-hydrogen) atoms. The Balaban J connectivity index is 1.89. The number of carbonyl (C=O) groups is 1. The van der Waals surface area contributed by atoms with Crippen LogP contribution in [-0.2, 0) is 5.41 Å². The fourth-order valence-electron chi connectivity index (χ4n) is 3.73. The number of nitriles is 1. The van der Waals surface area contributed by atoms with Crippen molar-refractivity contribution in [2.24, 2.45) is 0 Å². The van der Waals surface area contributed by atoms with E-state index in [9.17, 15) is 20.0 Å². The smallest absolute Gasteiger partial charge is 0.346 e. The molecule has 0 radical (unpaired) electrons. The fraction of sp³-hybridized carbons (Fsp3) is 0.154. The molecule has 0 atom stereocenters. The van der Waals surface area contributed by atoms with E-state index in [2.05, 4.69) is 6.07 Å². The molecule has 0 bridgehead atoms. The van der Waals surface area contributed by atoms with Gasteiger partial charge in [0.1, 0.15) is 16.4 Å². The molecule has 0 saturated carbocycles. The second-order valence-corrected chi connectivity index (χ2v) is 9.66. The molecule has 3 aromatic carbocycles. The Hall–Kier alpha value is -4.22. The summed E-state index contributed by atoms with van der Waals surface area (Å²) in [5.41, 5.74) is 1.52. The molecule has 0 saturated heterocycles. The zero-order chi connectivity index (χ0) is 24.6. The van der Waals surface area contributed by atoms with E-state index < -0.39 is 16.3 Å². The van der Waals surface area contributed by atoms with Gasteiger partial charge in [0.05, 0.1) is 16.6 Å². The third-order valence-corrected chi connectivity index (χ3v) is 6.37. The van der Waals surface area contributed by atoms with E-state index in [0.29, 0.717) is 28.2 Å². The number of rotatable bonds is 5. The third kappa shape index (κ3) is 4.34. The van der Waals surface area contributed by atoms with Crippen LogP contribution in [0, 0.1) is 21.4 Å². The van der Waals surface area contributed by atoms with E-state index >= 15 is 0 Å². The van der Waals surface area contributed by atoms with Gasteiger partial charge in [-0.2, -0.15) is 5.26 Å². The van der Waals surface area contributed by atoms with Crippen molar-refractivity contribution in [1.82, 2.24) is 0 Å². The summed E-state index contributed by atoms with van der Waals surface area (Å²) in [5, 5.41) is 34.0. The predicted molar refractivity (Wildman–Crippen MR) is 131 cm³/mol. The molecule has 0 unspecified atom stereocenters. The average Bonchev–Trinajstić information content (AvgIpc) is 3.25. The number of nitrogens with zero attached hydrogens (tertiary/aromatic N) is 2. The minimum atomic E-state index is -1.10. The molecule has 0 aliphatic heterocycles. The van der Waals surface area contributed by atoms with E-state index in [1.54, 1.807) is 29.6 Å². The fourth-order valence-corrected chi connectivity index (χ4v) is 4.88. The Bertz CT molecular complexity index is 1490. The Labute approximate surface area is 199 Å². The lowest BCUT2D eigenvalue weighted by atomic mass is 9.83. The van der Waals surface area contributed by atoms with Gasteiger partial charge in [0.25, 0.3) is 5.69 Å². The number of carboxylic acids is 1. The van der Waals surface area contributed by atoms with E-state index in [4.69, 9.17) is 10.00 Å². The first kappa shape index (κ1) is 23.0. The zero-order valence-electron chi connectivity index (χ0n) is 18.7. The van der Waals surface area contributed by atoms with Gasteiger partial charge in [0, 0.05) is 23.3 Å². The van der Waals surface area contributed by atoms with Crippen molar-refractivity contribution in [2.75, 3.05) is 0 Å². The molecular weight excluding hydrogens is 452 g/mol. The first-order valence-corrected chi connectivity index (χ1v) is 11.2. The average molecular weight is 473 g/mol. The number of carboxylic acid groups (broad SMARTS) is 1. The first-order chi connectivity index (χ1) is 16.1. The highest BCUT2D eigenvalue weighted by atomic mass is 32.1. The number of thiophene rings is 1.